The fourth-order valence-electron chi connectivity index (χ4n) is 3.72. The van der Waals surface area contributed by atoms with E-state index < -0.39 is 0 Å². The molecule has 0 radical (unpaired) electrons. The maximum atomic E-state index is 9.76. The molecule has 2 unspecified atom stereocenters. The van der Waals surface area contributed by atoms with E-state index in [1.54, 1.807) is 0 Å². The van der Waals surface area contributed by atoms with Crippen molar-refractivity contribution in [1.29, 1.82) is 0 Å². The Bertz CT molecular complexity index is 540. The van der Waals surface area contributed by atoms with Crippen molar-refractivity contribution >= 4 is 5.69 Å². The van der Waals surface area contributed by atoms with Crippen LogP contribution in [0.1, 0.15) is 47.2 Å². The minimum absolute atomic E-state index is 0.0186. The molecule has 21 heavy (non-hydrogen) atoms. The summed E-state index contributed by atoms with van der Waals surface area (Å²) in [6.45, 7) is 6.33. The van der Waals surface area contributed by atoms with E-state index in [2.05, 4.69) is 51.7 Å². The Morgan fingerprint density at radius 2 is 1.62 bits per heavy atom. The van der Waals surface area contributed by atoms with Crippen molar-refractivity contribution in [3.05, 3.63) is 27.8 Å². The zero-order chi connectivity index (χ0) is 15.9. The zero-order valence-corrected chi connectivity index (χ0v) is 14.1. The fourth-order valence-corrected chi connectivity index (χ4v) is 3.72. The molecule has 2 rings (SSSR count). The summed E-state index contributed by atoms with van der Waals surface area (Å²) in [6.07, 6.45) is 1.07. The minimum atomic E-state index is -0.0231. The van der Waals surface area contributed by atoms with Crippen molar-refractivity contribution < 1.29 is 10.2 Å². The molecule has 1 aromatic rings. The van der Waals surface area contributed by atoms with E-state index >= 15 is 0 Å². The second kappa shape index (κ2) is 5.95. The van der Waals surface area contributed by atoms with Crippen LogP contribution in [0.5, 0.6) is 0 Å². The molecule has 0 fully saturated rings. The highest BCUT2D eigenvalue weighted by molar-refractivity contribution is 5.69. The van der Waals surface area contributed by atoms with Gasteiger partial charge in [-0.05, 0) is 69.1 Å². The van der Waals surface area contributed by atoms with Gasteiger partial charge in [0.05, 0.1) is 13.2 Å². The van der Waals surface area contributed by atoms with Crippen LogP contribution in [-0.2, 0) is 13.2 Å². The maximum Gasteiger partial charge on any atom is 0.0688 e. The van der Waals surface area contributed by atoms with Gasteiger partial charge >= 0.3 is 0 Å². The van der Waals surface area contributed by atoms with Gasteiger partial charge in [0.25, 0.3) is 0 Å². The quantitative estimate of drug-likeness (QED) is 0.896. The van der Waals surface area contributed by atoms with Crippen LogP contribution >= 0.6 is 0 Å². The molecular weight excluding hydrogens is 264 g/mol. The average Bonchev–Trinajstić information content (AvgIpc) is 2.44. The molecule has 0 aliphatic carbocycles. The lowest BCUT2D eigenvalue weighted by Gasteiger charge is -2.43. The first kappa shape index (κ1) is 16.3. The molecule has 1 aliphatic rings. The van der Waals surface area contributed by atoms with Gasteiger partial charge in [-0.3, -0.25) is 0 Å². The van der Waals surface area contributed by atoms with E-state index in [4.69, 9.17) is 0 Å². The summed E-state index contributed by atoms with van der Waals surface area (Å²) in [4.78, 5) is 4.58. The van der Waals surface area contributed by atoms with Gasteiger partial charge in [-0.2, -0.15) is 0 Å². The molecular formula is C17H28N2O2. The molecule has 4 nitrogen and oxygen atoms in total. The Labute approximate surface area is 128 Å². The molecule has 0 saturated carbocycles. The summed E-state index contributed by atoms with van der Waals surface area (Å²) in [5, 5.41) is 19.5. The van der Waals surface area contributed by atoms with E-state index in [0.717, 1.165) is 28.7 Å². The van der Waals surface area contributed by atoms with Crippen molar-refractivity contribution in [1.82, 2.24) is 4.90 Å². The summed E-state index contributed by atoms with van der Waals surface area (Å²) < 4.78 is 0. The molecule has 1 aromatic carbocycles. The van der Waals surface area contributed by atoms with Gasteiger partial charge in [-0.25, -0.2) is 0 Å². The lowest BCUT2D eigenvalue weighted by atomic mass is 9.82. The number of fused-ring (bicyclic) bond motifs is 1. The van der Waals surface area contributed by atoms with Gasteiger partial charge in [-0.15, -0.1) is 0 Å². The molecule has 0 spiro atoms. The minimum Gasteiger partial charge on any atom is -0.392 e. The van der Waals surface area contributed by atoms with Crippen LogP contribution in [-0.4, -0.2) is 42.3 Å². The molecule has 0 bridgehead atoms. The smallest absolute Gasteiger partial charge is 0.0688 e. The van der Waals surface area contributed by atoms with Crippen molar-refractivity contribution in [2.75, 3.05) is 26.0 Å². The van der Waals surface area contributed by atoms with Crippen LogP contribution < -0.4 is 4.90 Å². The van der Waals surface area contributed by atoms with Crippen LogP contribution in [0.25, 0.3) is 0 Å². The predicted octanol–water partition coefficient (Wildman–Crippen LogP) is 2.12. The van der Waals surface area contributed by atoms with Gasteiger partial charge in [0, 0.05) is 24.8 Å². The normalized spacial score (nSPS) is 21.9. The third-order valence-corrected chi connectivity index (χ3v) is 5.13. The number of nitrogens with zero attached hydrogens (tertiary/aromatic N) is 2. The maximum absolute atomic E-state index is 9.76. The van der Waals surface area contributed by atoms with Gasteiger partial charge in [0.15, 0.2) is 0 Å². The molecule has 0 aromatic heterocycles. The van der Waals surface area contributed by atoms with Crippen LogP contribution in [0, 0.1) is 13.8 Å². The average molecular weight is 292 g/mol. The van der Waals surface area contributed by atoms with Crippen LogP contribution in [0.15, 0.2) is 0 Å². The lowest BCUT2D eigenvalue weighted by molar-refractivity contribution is 0.250. The molecule has 2 N–H and O–H groups in total. The van der Waals surface area contributed by atoms with Crippen molar-refractivity contribution in [2.45, 2.75) is 52.5 Å². The number of hydrogen-bond acceptors (Lipinski definition) is 4. The lowest BCUT2D eigenvalue weighted by Crippen LogP contribution is -2.40. The number of rotatable bonds is 3. The summed E-state index contributed by atoms with van der Waals surface area (Å²) in [6, 6.07) is 0.803. The number of benzene rings is 1. The molecule has 0 amide bonds. The SMILES string of the molecule is Cc1c(CO)c(CO)c(C)c2c1C(N(C)C)CC(C)N2C. The first-order valence-corrected chi connectivity index (χ1v) is 7.60. The zero-order valence-electron chi connectivity index (χ0n) is 14.1. The van der Waals surface area contributed by atoms with E-state index in [9.17, 15) is 10.2 Å². The molecule has 2 atom stereocenters. The van der Waals surface area contributed by atoms with Gasteiger partial charge in [0.2, 0.25) is 0 Å². The highest BCUT2D eigenvalue weighted by Gasteiger charge is 2.34. The molecule has 0 saturated heterocycles. The van der Waals surface area contributed by atoms with E-state index in [1.165, 1.54) is 11.3 Å². The summed E-state index contributed by atoms with van der Waals surface area (Å²) >= 11 is 0. The third kappa shape index (κ3) is 2.45. The summed E-state index contributed by atoms with van der Waals surface area (Å²) in [5.41, 5.74) is 6.53. The topological polar surface area (TPSA) is 46.9 Å². The standard InChI is InChI=1S/C17H28N2O2/c1-10-7-15(18(4)5)16-11(2)13(8-20)14(9-21)12(3)17(16)19(10)6/h10,15,20-21H,7-9H2,1-6H3. The summed E-state index contributed by atoms with van der Waals surface area (Å²) in [7, 11) is 6.35. The Morgan fingerprint density at radius 1 is 1.10 bits per heavy atom. The predicted molar refractivity (Wildman–Crippen MR) is 86.7 cm³/mol. The second-order valence-electron chi connectivity index (χ2n) is 6.46. The van der Waals surface area contributed by atoms with E-state index in [0.29, 0.717) is 12.1 Å². The third-order valence-electron chi connectivity index (χ3n) is 5.13. The highest BCUT2D eigenvalue weighted by Crippen LogP contribution is 2.45. The molecule has 1 heterocycles. The first-order chi connectivity index (χ1) is 9.84. The number of aliphatic hydroxyl groups is 2. The van der Waals surface area contributed by atoms with Crippen LogP contribution in [0.2, 0.25) is 0 Å². The number of aliphatic hydroxyl groups excluding tert-OH is 2. The Kier molecular flexibility index (Phi) is 4.61. The summed E-state index contributed by atoms with van der Waals surface area (Å²) in [5.74, 6) is 0. The Morgan fingerprint density at radius 3 is 2.10 bits per heavy atom. The Balaban J connectivity index is 2.81. The fraction of sp³-hybridized carbons (Fsp3) is 0.647. The number of hydrogen-bond donors (Lipinski definition) is 2. The van der Waals surface area contributed by atoms with Crippen molar-refractivity contribution in [3.63, 3.8) is 0 Å². The molecule has 1 aliphatic heterocycles. The van der Waals surface area contributed by atoms with E-state index in [1.807, 2.05) is 0 Å². The van der Waals surface area contributed by atoms with Crippen LogP contribution in [0.4, 0.5) is 5.69 Å². The second-order valence-corrected chi connectivity index (χ2v) is 6.46. The van der Waals surface area contributed by atoms with Gasteiger partial charge in [0.1, 0.15) is 0 Å². The van der Waals surface area contributed by atoms with Gasteiger partial charge < -0.3 is 20.0 Å². The molecule has 118 valence electrons. The van der Waals surface area contributed by atoms with Crippen LogP contribution in [0.3, 0.4) is 0 Å². The first-order valence-electron chi connectivity index (χ1n) is 7.60. The Hall–Kier alpha value is -1.10. The molecule has 4 heteroatoms. The van der Waals surface area contributed by atoms with E-state index in [-0.39, 0.29) is 13.2 Å². The monoisotopic (exact) mass is 292 g/mol. The van der Waals surface area contributed by atoms with Crippen molar-refractivity contribution in [3.8, 4) is 0 Å². The van der Waals surface area contributed by atoms with Gasteiger partial charge in [-0.1, -0.05) is 0 Å². The number of anilines is 1. The highest BCUT2D eigenvalue weighted by atomic mass is 16.3. The largest absolute Gasteiger partial charge is 0.392 e. The van der Waals surface area contributed by atoms with Crippen molar-refractivity contribution in [2.24, 2.45) is 0 Å².